The van der Waals surface area contributed by atoms with Crippen LogP contribution in [0.25, 0.3) is 10.9 Å². The van der Waals surface area contributed by atoms with Crippen LogP contribution in [0.2, 0.25) is 5.02 Å². The van der Waals surface area contributed by atoms with Crippen LogP contribution in [0, 0.1) is 5.92 Å². The first-order valence-electron chi connectivity index (χ1n) is 11.9. The molecule has 3 unspecified atom stereocenters. The van der Waals surface area contributed by atoms with E-state index in [0.717, 1.165) is 34.2 Å². The number of halogens is 4. The van der Waals surface area contributed by atoms with Crippen LogP contribution in [0.4, 0.5) is 13.2 Å². The number of carbonyl (C=O) groups excluding carboxylic acids is 1. The molecule has 0 spiro atoms. The van der Waals surface area contributed by atoms with E-state index in [4.69, 9.17) is 11.6 Å². The predicted molar refractivity (Wildman–Crippen MR) is 136 cm³/mol. The molecule has 2 N–H and O–H groups in total. The van der Waals surface area contributed by atoms with Gasteiger partial charge < -0.3 is 9.88 Å². The van der Waals surface area contributed by atoms with Gasteiger partial charge in [0, 0.05) is 28.7 Å². The van der Waals surface area contributed by atoms with E-state index in [1.54, 1.807) is 17.0 Å². The molecule has 0 radical (unpaired) electrons. The first kappa shape index (κ1) is 23.6. The number of hydrazone groups is 1. The van der Waals surface area contributed by atoms with Gasteiger partial charge in [0.05, 0.1) is 23.2 Å². The lowest BCUT2D eigenvalue weighted by atomic mass is 9.84. The van der Waals surface area contributed by atoms with Crippen molar-refractivity contribution in [3.63, 3.8) is 0 Å². The maximum atomic E-state index is 13.6. The summed E-state index contributed by atoms with van der Waals surface area (Å²) in [5.74, 6) is -0.490. The molecule has 6 rings (SSSR count). The lowest BCUT2D eigenvalue weighted by Crippen LogP contribution is -2.36. The summed E-state index contributed by atoms with van der Waals surface area (Å²) in [7, 11) is 0. The Morgan fingerprint density at radius 2 is 1.70 bits per heavy atom. The summed E-state index contributed by atoms with van der Waals surface area (Å²) in [5.41, 5.74) is 6.50. The summed E-state index contributed by atoms with van der Waals surface area (Å²) in [6.07, 6.45) is -1.90. The van der Waals surface area contributed by atoms with E-state index in [-0.39, 0.29) is 11.8 Å². The number of alkyl halides is 3. The molecule has 0 aliphatic carbocycles. The Hall–Kier alpha value is -3.78. The standard InChI is InChI=1S/C28H22ClF3N4O/c29-20-11-7-16(8-12-20)24-23-25(35-34-24)27(37)36(14-13-18-15-33-22-4-2-1-3-21(18)22)26(23)17-5-9-19(10-6-17)28(30,31)32/h1-12,15,23,25-26,33,35H,13-14H2. The molecule has 1 fully saturated rings. The zero-order valence-electron chi connectivity index (χ0n) is 19.5. The quantitative estimate of drug-likeness (QED) is 0.340. The highest BCUT2D eigenvalue weighted by atomic mass is 35.5. The highest BCUT2D eigenvalue weighted by Gasteiger charge is 2.53. The minimum absolute atomic E-state index is 0.123. The predicted octanol–water partition coefficient (Wildman–Crippen LogP) is 5.96. The summed E-state index contributed by atoms with van der Waals surface area (Å²) in [6, 6.07) is 19.2. The average Bonchev–Trinajstić information content (AvgIpc) is 3.57. The zero-order valence-corrected chi connectivity index (χ0v) is 20.2. The second kappa shape index (κ2) is 8.95. The largest absolute Gasteiger partial charge is 0.416 e. The fourth-order valence-electron chi connectivity index (χ4n) is 5.46. The lowest BCUT2D eigenvalue weighted by Gasteiger charge is -2.29. The maximum absolute atomic E-state index is 13.6. The molecule has 5 nitrogen and oxygen atoms in total. The first-order chi connectivity index (χ1) is 17.8. The van der Waals surface area contributed by atoms with Crippen molar-refractivity contribution in [1.82, 2.24) is 15.3 Å². The number of benzene rings is 3. The van der Waals surface area contributed by atoms with E-state index in [1.165, 1.54) is 12.1 Å². The third kappa shape index (κ3) is 4.15. The molecule has 3 aromatic carbocycles. The van der Waals surface area contributed by atoms with Gasteiger partial charge in [0.2, 0.25) is 5.91 Å². The topological polar surface area (TPSA) is 60.5 Å². The molecule has 1 saturated heterocycles. The van der Waals surface area contributed by atoms with Crippen LogP contribution in [0.15, 0.2) is 84.1 Å². The maximum Gasteiger partial charge on any atom is 0.416 e. The molecular weight excluding hydrogens is 501 g/mol. The Morgan fingerprint density at radius 3 is 2.43 bits per heavy atom. The third-order valence-electron chi connectivity index (χ3n) is 7.24. The molecule has 2 aliphatic rings. The molecule has 1 amide bonds. The highest BCUT2D eigenvalue weighted by Crippen LogP contribution is 2.43. The number of aromatic amines is 1. The van der Waals surface area contributed by atoms with Gasteiger partial charge in [-0.05, 0) is 53.4 Å². The van der Waals surface area contributed by atoms with Gasteiger partial charge in [-0.2, -0.15) is 18.3 Å². The fraction of sp³-hybridized carbons (Fsp3) is 0.214. The molecular formula is C28H22ClF3N4O. The number of nitrogens with zero attached hydrogens (tertiary/aromatic N) is 2. The van der Waals surface area contributed by atoms with Gasteiger partial charge >= 0.3 is 6.18 Å². The first-order valence-corrected chi connectivity index (χ1v) is 12.3. The summed E-state index contributed by atoms with van der Waals surface area (Å²) in [5, 5.41) is 6.14. The lowest BCUT2D eigenvalue weighted by molar-refractivity contribution is -0.137. The smallest absolute Gasteiger partial charge is 0.361 e. The Morgan fingerprint density at radius 1 is 0.973 bits per heavy atom. The van der Waals surface area contributed by atoms with Crippen LogP contribution < -0.4 is 5.43 Å². The summed E-state index contributed by atoms with van der Waals surface area (Å²) < 4.78 is 39.8. The van der Waals surface area contributed by atoms with E-state index in [9.17, 15) is 18.0 Å². The van der Waals surface area contributed by atoms with Gasteiger partial charge in [0.15, 0.2) is 0 Å². The van der Waals surface area contributed by atoms with Gasteiger partial charge in [0.1, 0.15) is 6.04 Å². The number of H-pyrrole nitrogens is 1. The van der Waals surface area contributed by atoms with Crippen molar-refractivity contribution in [2.24, 2.45) is 11.0 Å². The van der Waals surface area contributed by atoms with Crippen molar-refractivity contribution < 1.29 is 18.0 Å². The molecule has 2 aliphatic heterocycles. The van der Waals surface area contributed by atoms with Gasteiger partial charge in [-0.3, -0.25) is 10.2 Å². The van der Waals surface area contributed by atoms with Crippen LogP contribution in [-0.2, 0) is 17.4 Å². The van der Waals surface area contributed by atoms with Crippen molar-refractivity contribution in [2.45, 2.75) is 24.7 Å². The second-order valence-corrected chi connectivity index (χ2v) is 9.78. The number of nitrogens with one attached hydrogen (secondary N) is 2. The van der Waals surface area contributed by atoms with Gasteiger partial charge in [0.25, 0.3) is 0 Å². The van der Waals surface area contributed by atoms with Gasteiger partial charge in [-0.15, -0.1) is 0 Å². The number of aromatic nitrogens is 1. The van der Waals surface area contributed by atoms with E-state index in [2.05, 4.69) is 15.5 Å². The number of rotatable bonds is 5. The van der Waals surface area contributed by atoms with Crippen molar-refractivity contribution in [3.8, 4) is 0 Å². The van der Waals surface area contributed by atoms with Crippen LogP contribution in [0.5, 0.6) is 0 Å². The van der Waals surface area contributed by atoms with Gasteiger partial charge in [-0.1, -0.05) is 54.1 Å². The van der Waals surface area contributed by atoms with Crippen molar-refractivity contribution in [2.75, 3.05) is 6.54 Å². The average molecular weight is 523 g/mol. The minimum atomic E-state index is -4.44. The Balaban J connectivity index is 1.37. The normalized spacial score (nSPS) is 21.3. The van der Waals surface area contributed by atoms with Crippen LogP contribution in [-0.4, -0.2) is 34.1 Å². The monoisotopic (exact) mass is 522 g/mol. The van der Waals surface area contributed by atoms with E-state index < -0.39 is 23.8 Å². The fourth-order valence-corrected chi connectivity index (χ4v) is 5.59. The SMILES string of the molecule is O=C1C2NN=C(c3ccc(Cl)cc3)C2C(c2ccc(C(F)(F)F)cc2)N1CCc1c[nH]c2ccccc12. The number of carbonyl (C=O) groups is 1. The van der Waals surface area contributed by atoms with Crippen molar-refractivity contribution in [3.05, 3.63) is 106 Å². The Labute approximate surface area is 215 Å². The van der Waals surface area contributed by atoms with Crippen LogP contribution in [0.1, 0.15) is 28.3 Å². The van der Waals surface area contributed by atoms with Gasteiger partial charge in [-0.25, -0.2) is 0 Å². The molecule has 0 saturated carbocycles. The Kier molecular flexibility index (Phi) is 5.71. The van der Waals surface area contributed by atoms with Crippen molar-refractivity contribution in [1.29, 1.82) is 0 Å². The molecule has 188 valence electrons. The van der Waals surface area contributed by atoms with Crippen LogP contribution in [0.3, 0.4) is 0 Å². The molecule has 4 aromatic rings. The summed E-state index contributed by atoms with van der Waals surface area (Å²) >= 11 is 6.07. The highest BCUT2D eigenvalue weighted by molar-refractivity contribution is 6.30. The minimum Gasteiger partial charge on any atom is -0.361 e. The Bertz CT molecular complexity index is 1490. The van der Waals surface area contributed by atoms with Crippen LogP contribution >= 0.6 is 11.6 Å². The zero-order chi connectivity index (χ0) is 25.7. The number of likely N-dealkylation sites (tertiary alicyclic amines) is 1. The molecule has 37 heavy (non-hydrogen) atoms. The van der Waals surface area contributed by atoms with E-state index >= 15 is 0 Å². The van der Waals surface area contributed by atoms with E-state index in [1.807, 2.05) is 42.6 Å². The molecule has 3 heterocycles. The number of amides is 1. The third-order valence-corrected chi connectivity index (χ3v) is 7.49. The van der Waals surface area contributed by atoms with E-state index in [0.29, 0.717) is 29.3 Å². The van der Waals surface area contributed by atoms with Crippen molar-refractivity contribution >= 4 is 34.1 Å². The molecule has 9 heteroatoms. The number of para-hydroxylation sites is 1. The molecule has 3 atom stereocenters. The number of hydrogen-bond donors (Lipinski definition) is 2. The molecule has 0 bridgehead atoms. The number of fused-ring (bicyclic) bond motifs is 2. The summed E-state index contributed by atoms with van der Waals surface area (Å²) in [4.78, 5) is 18.7. The molecule has 1 aromatic heterocycles. The number of hydrogen-bond acceptors (Lipinski definition) is 3. The summed E-state index contributed by atoms with van der Waals surface area (Å²) in [6.45, 7) is 0.412. The second-order valence-electron chi connectivity index (χ2n) is 9.34.